The predicted molar refractivity (Wildman–Crippen MR) is 113 cm³/mol. The zero-order chi connectivity index (χ0) is 21.3. The third-order valence-corrected chi connectivity index (χ3v) is 5.51. The number of ether oxygens (including phenoxy) is 1. The Kier molecular flexibility index (Phi) is 5.47. The van der Waals surface area contributed by atoms with E-state index in [1.807, 2.05) is 24.3 Å². The van der Waals surface area contributed by atoms with Gasteiger partial charge < -0.3 is 15.8 Å². The van der Waals surface area contributed by atoms with Crippen molar-refractivity contribution < 1.29 is 18.3 Å². The summed E-state index contributed by atoms with van der Waals surface area (Å²) >= 11 is 7.07. The first-order valence-corrected chi connectivity index (χ1v) is 9.77. The summed E-state index contributed by atoms with van der Waals surface area (Å²) in [4.78, 5) is 22.0. The monoisotopic (exact) mass is 446 g/mol. The molecule has 0 radical (unpaired) electrons. The standard InChI is InChI=1S/C20H13ClF2N4O2S/c21-11-3-1-10(2-4-11)14-7-6-13-16(24)17(30-19(13)26-14)18(28)27-15-8-5-12(9-25-15)29-20(22)23/h1-9,20H,24H2,(H,25,27,28). The van der Waals surface area contributed by atoms with E-state index in [2.05, 4.69) is 20.0 Å². The number of fused-ring (bicyclic) bond motifs is 1. The van der Waals surface area contributed by atoms with Crippen molar-refractivity contribution in [2.45, 2.75) is 6.61 Å². The SMILES string of the molecule is Nc1c(C(=O)Nc2ccc(OC(F)F)cn2)sc2nc(-c3ccc(Cl)cc3)ccc12. The molecule has 0 bridgehead atoms. The molecular weight excluding hydrogens is 434 g/mol. The number of pyridine rings is 2. The molecule has 0 aliphatic carbocycles. The summed E-state index contributed by atoms with van der Waals surface area (Å²) in [5, 5.41) is 3.88. The minimum Gasteiger partial charge on any atom is -0.433 e. The van der Waals surface area contributed by atoms with Crippen LogP contribution < -0.4 is 15.8 Å². The third kappa shape index (κ3) is 4.17. The van der Waals surface area contributed by atoms with E-state index >= 15 is 0 Å². The number of halogens is 3. The van der Waals surface area contributed by atoms with Crippen molar-refractivity contribution >= 4 is 50.6 Å². The molecule has 6 nitrogen and oxygen atoms in total. The molecule has 152 valence electrons. The number of nitrogens with one attached hydrogen (secondary N) is 1. The lowest BCUT2D eigenvalue weighted by atomic mass is 10.1. The zero-order valence-electron chi connectivity index (χ0n) is 15.1. The maximum atomic E-state index is 12.6. The van der Waals surface area contributed by atoms with Crippen molar-refractivity contribution in [1.29, 1.82) is 0 Å². The van der Waals surface area contributed by atoms with Crippen molar-refractivity contribution in [2.75, 3.05) is 11.1 Å². The summed E-state index contributed by atoms with van der Waals surface area (Å²) in [5.41, 5.74) is 8.06. The molecule has 10 heteroatoms. The highest BCUT2D eigenvalue weighted by Crippen LogP contribution is 2.34. The highest BCUT2D eigenvalue weighted by atomic mass is 35.5. The third-order valence-electron chi connectivity index (χ3n) is 4.14. The second-order valence-corrected chi connectivity index (χ2v) is 7.55. The average Bonchev–Trinajstić information content (AvgIpc) is 3.06. The van der Waals surface area contributed by atoms with E-state index in [0.717, 1.165) is 28.8 Å². The quantitative estimate of drug-likeness (QED) is 0.425. The van der Waals surface area contributed by atoms with E-state index in [-0.39, 0.29) is 16.4 Å². The van der Waals surface area contributed by atoms with Crippen molar-refractivity contribution in [2.24, 2.45) is 0 Å². The van der Waals surface area contributed by atoms with Gasteiger partial charge >= 0.3 is 6.61 Å². The van der Waals surface area contributed by atoms with Gasteiger partial charge in [0.15, 0.2) is 0 Å². The number of nitrogen functional groups attached to an aromatic ring is 1. The second-order valence-electron chi connectivity index (χ2n) is 6.11. The average molecular weight is 447 g/mol. The first-order valence-electron chi connectivity index (χ1n) is 8.58. The maximum Gasteiger partial charge on any atom is 0.387 e. The first kappa shape index (κ1) is 20.0. The number of nitrogens with zero attached hydrogens (tertiary/aromatic N) is 2. The minimum absolute atomic E-state index is 0.108. The Labute approximate surface area is 178 Å². The van der Waals surface area contributed by atoms with Crippen LogP contribution in [0.2, 0.25) is 5.02 Å². The van der Waals surface area contributed by atoms with Crippen LogP contribution in [0.5, 0.6) is 5.75 Å². The molecule has 0 spiro atoms. The van der Waals surface area contributed by atoms with Gasteiger partial charge in [0, 0.05) is 16.0 Å². The van der Waals surface area contributed by atoms with Crippen LogP contribution in [0.25, 0.3) is 21.5 Å². The van der Waals surface area contributed by atoms with Crippen LogP contribution in [0, 0.1) is 0 Å². The van der Waals surface area contributed by atoms with Gasteiger partial charge in [-0.1, -0.05) is 23.7 Å². The highest BCUT2D eigenvalue weighted by Gasteiger charge is 2.18. The molecule has 0 atom stereocenters. The number of thiophene rings is 1. The predicted octanol–water partition coefficient (Wildman–Crippen LogP) is 5.45. The Morgan fingerprint density at radius 3 is 2.57 bits per heavy atom. The number of alkyl halides is 2. The molecule has 3 aromatic heterocycles. The fourth-order valence-corrected chi connectivity index (χ4v) is 3.86. The lowest BCUT2D eigenvalue weighted by molar-refractivity contribution is -0.0500. The zero-order valence-corrected chi connectivity index (χ0v) is 16.7. The largest absolute Gasteiger partial charge is 0.433 e. The van der Waals surface area contributed by atoms with E-state index in [4.69, 9.17) is 17.3 Å². The number of hydrogen-bond acceptors (Lipinski definition) is 6. The summed E-state index contributed by atoms with van der Waals surface area (Å²) in [6, 6.07) is 13.5. The maximum absolute atomic E-state index is 12.6. The summed E-state index contributed by atoms with van der Waals surface area (Å²) in [6.07, 6.45) is 1.09. The minimum atomic E-state index is -2.95. The molecule has 0 saturated carbocycles. The van der Waals surface area contributed by atoms with E-state index in [0.29, 0.717) is 20.9 Å². The number of nitrogens with two attached hydrogens (primary N) is 1. The van der Waals surface area contributed by atoms with Gasteiger partial charge in [0.1, 0.15) is 21.3 Å². The van der Waals surface area contributed by atoms with Crippen LogP contribution in [0.4, 0.5) is 20.3 Å². The molecule has 1 amide bonds. The first-order chi connectivity index (χ1) is 14.4. The fraction of sp³-hybridized carbons (Fsp3) is 0.0500. The normalized spacial score (nSPS) is 11.1. The Morgan fingerprint density at radius 1 is 1.13 bits per heavy atom. The number of carbonyl (C=O) groups excluding carboxylic acids is 1. The molecule has 3 heterocycles. The Bertz CT molecular complexity index is 1210. The van der Waals surface area contributed by atoms with Gasteiger partial charge in [-0.3, -0.25) is 4.79 Å². The molecule has 4 rings (SSSR count). The van der Waals surface area contributed by atoms with Crippen molar-refractivity contribution in [3.63, 3.8) is 0 Å². The molecule has 0 saturated heterocycles. The second kappa shape index (κ2) is 8.21. The van der Waals surface area contributed by atoms with Crippen LogP contribution >= 0.6 is 22.9 Å². The lowest BCUT2D eigenvalue weighted by Crippen LogP contribution is -2.13. The van der Waals surface area contributed by atoms with Gasteiger partial charge in [0.25, 0.3) is 5.91 Å². The van der Waals surface area contributed by atoms with E-state index in [1.54, 1.807) is 12.1 Å². The van der Waals surface area contributed by atoms with Crippen LogP contribution in [0.15, 0.2) is 54.7 Å². The van der Waals surface area contributed by atoms with Gasteiger partial charge in [0.05, 0.1) is 17.6 Å². The van der Waals surface area contributed by atoms with Crippen molar-refractivity contribution in [1.82, 2.24) is 9.97 Å². The molecular formula is C20H13ClF2N4O2S. The van der Waals surface area contributed by atoms with E-state index < -0.39 is 12.5 Å². The number of amides is 1. The topological polar surface area (TPSA) is 90.1 Å². The summed E-state index contributed by atoms with van der Waals surface area (Å²) in [6.45, 7) is -2.95. The Hall–Kier alpha value is -3.30. The van der Waals surface area contributed by atoms with Gasteiger partial charge in [0.2, 0.25) is 0 Å². The number of rotatable bonds is 5. The van der Waals surface area contributed by atoms with Gasteiger partial charge in [-0.25, -0.2) is 9.97 Å². The molecule has 30 heavy (non-hydrogen) atoms. The van der Waals surface area contributed by atoms with Crippen molar-refractivity contribution in [3.05, 3.63) is 64.6 Å². The van der Waals surface area contributed by atoms with Gasteiger partial charge in [-0.2, -0.15) is 8.78 Å². The van der Waals surface area contributed by atoms with Gasteiger partial charge in [-0.15, -0.1) is 11.3 Å². The van der Waals surface area contributed by atoms with Crippen LogP contribution in [0.3, 0.4) is 0 Å². The van der Waals surface area contributed by atoms with Crippen molar-refractivity contribution in [3.8, 4) is 17.0 Å². The van der Waals surface area contributed by atoms with E-state index in [1.165, 1.54) is 12.1 Å². The molecule has 0 fully saturated rings. The summed E-state index contributed by atoms with van der Waals surface area (Å²) < 4.78 is 28.6. The number of anilines is 2. The smallest absolute Gasteiger partial charge is 0.387 e. The summed E-state index contributed by atoms with van der Waals surface area (Å²) in [7, 11) is 0. The fourth-order valence-electron chi connectivity index (χ4n) is 2.75. The van der Waals surface area contributed by atoms with Crippen LogP contribution in [-0.4, -0.2) is 22.5 Å². The molecule has 0 aliphatic heterocycles. The van der Waals surface area contributed by atoms with Gasteiger partial charge in [-0.05, 0) is 36.4 Å². The van der Waals surface area contributed by atoms with Crippen LogP contribution in [0.1, 0.15) is 9.67 Å². The molecule has 0 unspecified atom stereocenters. The lowest BCUT2D eigenvalue weighted by Gasteiger charge is -2.06. The number of carbonyl (C=O) groups is 1. The molecule has 0 aliphatic rings. The Morgan fingerprint density at radius 2 is 1.90 bits per heavy atom. The summed E-state index contributed by atoms with van der Waals surface area (Å²) in [5.74, 6) is -0.407. The highest BCUT2D eigenvalue weighted by molar-refractivity contribution is 7.21. The number of benzene rings is 1. The number of aromatic nitrogens is 2. The molecule has 4 aromatic rings. The van der Waals surface area contributed by atoms with Crippen LogP contribution in [-0.2, 0) is 0 Å². The molecule has 3 N–H and O–H groups in total. The Balaban J connectivity index is 1.58. The molecule has 1 aromatic carbocycles. The van der Waals surface area contributed by atoms with E-state index in [9.17, 15) is 13.6 Å². The number of hydrogen-bond donors (Lipinski definition) is 2.